The SMILES string of the molecule is COC(=O)C1=CN(c2ccc3c(c2)OCO3)c2cc(Br)ccc2S1(=O)=O. The molecule has 2 heterocycles. The maximum absolute atomic E-state index is 12.8. The number of esters is 1. The molecule has 0 N–H and O–H groups in total. The van der Waals surface area contributed by atoms with Crippen LogP contribution in [-0.4, -0.2) is 28.3 Å². The molecule has 7 nitrogen and oxygen atoms in total. The summed E-state index contributed by atoms with van der Waals surface area (Å²) in [5.41, 5.74) is 1.02. The number of fused-ring (bicyclic) bond motifs is 2. The Labute approximate surface area is 157 Å². The predicted molar refractivity (Wildman–Crippen MR) is 96.1 cm³/mol. The van der Waals surface area contributed by atoms with Gasteiger partial charge in [0.2, 0.25) is 16.6 Å². The molecule has 2 aliphatic heterocycles. The molecule has 0 saturated carbocycles. The van der Waals surface area contributed by atoms with E-state index in [-0.39, 0.29) is 11.7 Å². The smallest absolute Gasteiger partial charge is 0.351 e. The van der Waals surface area contributed by atoms with Gasteiger partial charge in [0.25, 0.3) is 0 Å². The lowest BCUT2D eigenvalue weighted by Gasteiger charge is -2.28. The van der Waals surface area contributed by atoms with Gasteiger partial charge in [0.05, 0.1) is 17.7 Å². The second-order valence-corrected chi connectivity index (χ2v) is 8.31. The maximum atomic E-state index is 12.8. The van der Waals surface area contributed by atoms with Crippen LogP contribution in [0.5, 0.6) is 11.5 Å². The zero-order valence-electron chi connectivity index (χ0n) is 13.4. The maximum Gasteiger partial charge on any atom is 0.351 e. The van der Waals surface area contributed by atoms with E-state index in [0.29, 0.717) is 27.3 Å². The van der Waals surface area contributed by atoms with E-state index in [1.165, 1.54) is 12.3 Å². The van der Waals surface area contributed by atoms with Gasteiger partial charge < -0.3 is 19.1 Å². The first kappa shape index (κ1) is 16.9. The van der Waals surface area contributed by atoms with Crippen LogP contribution < -0.4 is 14.4 Å². The Kier molecular flexibility index (Phi) is 3.92. The van der Waals surface area contributed by atoms with Gasteiger partial charge in [0.15, 0.2) is 16.4 Å². The molecular formula is C17H12BrNO6S. The fourth-order valence-electron chi connectivity index (χ4n) is 2.79. The molecule has 4 rings (SSSR count). The van der Waals surface area contributed by atoms with Gasteiger partial charge in [-0.15, -0.1) is 0 Å². The van der Waals surface area contributed by atoms with Crippen LogP contribution in [0.4, 0.5) is 11.4 Å². The van der Waals surface area contributed by atoms with Gasteiger partial charge in [-0.3, -0.25) is 0 Å². The summed E-state index contributed by atoms with van der Waals surface area (Å²) in [5, 5.41) is 0. The third-order valence-electron chi connectivity index (χ3n) is 4.03. The molecule has 0 aliphatic carbocycles. The number of methoxy groups -OCH3 is 1. The van der Waals surface area contributed by atoms with E-state index in [9.17, 15) is 13.2 Å². The van der Waals surface area contributed by atoms with Gasteiger partial charge in [-0.05, 0) is 30.3 Å². The van der Waals surface area contributed by atoms with E-state index >= 15 is 0 Å². The minimum atomic E-state index is -4.00. The second kappa shape index (κ2) is 6.03. The number of halogens is 1. The first-order valence-corrected chi connectivity index (χ1v) is 9.73. The number of nitrogens with zero attached hydrogens (tertiary/aromatic N) is 1. The first-order chi connectivity index (χ1) is 12.4. The van der Waals surface area contributed by atoms with Crippen molar-refractivity contribution in [2.75, 3.05) is 18.8 Å². The first-order valence-electron chi connectivity index (χ1n) is 7.45. The molecule has 0 amide bonds. The number of sulfone groups is 1. The van der Waals surface area contributed by atoms with Crippen LogP contribution in [0.3, 0.4) is 0 Å². The van der Waals surface area contributed by atoms with E-state index in [4.69, 9.17) is 9.47 Å². The van der Waals surface area contributed by atoms with Crippen LogP contribution in [0.2, 0.25) is 0 Å². The van der Waals surface area contributed by atoms with Crippen molar-refractivity contribution in [3.8, 4) is 11.5 Å². The lowest BCUT2D eigenvalue weighted by molar-refractivity contribution is -0.135. The van der Waals surface area contributed by atoms with Gasteiger partial charge in [-0.1, -0.05) is 15.9 Å². The van der Waals surface area contributed by atoms with Crippen molar-refractivity contribution in [2.45, 2.75) is 4.90 Å². The zero-order chi connectivity index (χ0) is 18.5. The quantitative estimate of drug-likeness (QED) is 0.667. The standard InChI is InChI=1S/C17H12BrNO6S/c1-23-17(20)16-8-19(11-3-4-13-14(7-11)25-9-24-13)12-6-10(18)2-5-15(12)26(16,21)22/h2-8H,9H2,1H3. The normalized spacial score (nSPS) is 16.7. The van der Waals surface area contributed by atoms with Gasteiger partial charge >= 0.3 is 5.97 Å². The fraction of sp³-hybridized carbons (Fsp3) is 0.118. The van der Waals surface area contributed by atoms with Crippen molar-refractivity contribution in [3.05, 3.63) is 52.0 Å². The largest absolute Gasteiger partial charge is 0.465 e. The lowest BCUT2D eigenvalue weighted by Crippen LogP contribution is -2.26. The molecule has 0 fully saturated rings. The monoisotopic (exact) mass is 437 g/mol. The molecule has 0 aromatic heterocycles. The van der Waals surface area contributed by atoms with Crippen LogP contribution in [0, 0.1) is 0 Å². The highest BCUT2D eigenvalue weighted by molar-refractivity contribution is 9.10. The molecule has 2 aliphatic rings. The number of anilines is 2. The van der Waals surface area contributed by atoms with E-state index < -0.39 is 20.7 Å². The summed E-state index contributed by atoms with van der Waals surface area (Å²) >= 11 is 3.36. The molecule has 9 heteroatoms. The van der Waals surface area contributed by atoms with Gasteiger partial charge in [0, 0.05) is 22.4 Å². The Morgan fingerprint density at radius 3 is 2.69 bits per heavy atom. The second-order valence-electron chi connectivity index (χ2n) is 5.51. The minimum absolute atomic E-state index is 0.0151. The molecule has 2 aromatic rings. The minimum Gasteiger partial charge on any atom is -0.465 e. The molecule has 0 atom stereocenters. The molecule has 26 heavy (non-hydrogen) atoms. The van der Waals surface area contributed by atoms with E-state index in [2.05, 4.69) is 20.7 Å². The Morgan fingerprint density at radius 1 is 1.15 bits per heavy atom. The number of hydrogen-bond acceptors (Lipinski definition) is 7. The van der Waals surface area contributed by atoms with Crippen LogP contribution in [0.15, 0.2) is 56.9 Å². The number of hydrogen-bond donors (Lipinski definition) is 0. The molecule has 0 saturated heterocycles. The summed E-state index contributed by atoms with van der Waals surface area (Å²) in [7, 11) is -2.86. The Hall–Kier alpha value is -2.52. The third-order valence-corrected chi connectivity index (χ3v) is 6.30. The van der Waals surface area contributed by atoms with Crippen LogP contribution in [0.25, 0.3) is 0 Å². The highest BCUT2D eigenvalue weighted by Gasteiger charge is 2.37. The predicted octanol–water partition coefficient (Wildman–Crippen LogP) is 3.12. The number of rotatable bonds is 2. The zero-order valence-corrected chi connectivity index (χ0v) is 15.8. The Balaban J connectivity index is 1.95. The third kappa shape index (κ3) is 2.55. The van der Waals surface area contributed by atoms with E-state index in [1.807, 2.05) is 0 Å². The topological polar surface area (TPSA) is 82.1 Å². The van der Waals surface area contributed by atoms with Crippen molar-refractivity contribution >= 4 is 43.1 Å². The summed E-state index contributed by atoms with van der Waals surface area (Å²) in [6, 6.07) is 9.92. The average Bonchev–Trinajstić information content (AvgIpc) is 3.08. The Morgan fingerprint density at radius 2 is 1.92 bits per heavy atom. The van der Waals surface area contributed by atoms with Crippen LogP contribution >= 0.6 is 15.9 Å². The molecule has 0 unspecified atom stereocenters. The van der Waals surface area contributed by atoms with Gasteiger partial charge in [0.1, 0.15) is 0 Å². The van der Waals surface area contributed by atoms with Crippen molar-refractivity contribution in [2.24, 2.45) is 0 Å². The fourth-order valence-corrected chi connectivity index (χ4v) is 4.61. The number of carbonyl (C=O) groups excluding carboxylic acids is 1. The van der Waals surface area contributed by atoms with Crippen LogP contribution in [0.1, 0.15) is 0 Å². The van der Waals surface area contributed by atoms with Crippen molar-refractivity contribution in [1.29, 1.82) is 0 Å². The lowest BCUT2D eigenvalue weighted by atomic mass is 10.2. The summed E-state index contributed by atoms with van der Waals surface area (Å²) in [6.07, 6.45) is 1.26. The van der Waals surface area contributed by atoms with Gasteiger partial charge in [-0.2, -0.15) is 0 Å². The number of carbonyl (C=O) groups is 1. The summed E-state index contributed by atoms with van der Waals surface area (Å²) < 4.78 is 41.7. The highest BCUT2D eigenvalue weighted by atomic mass is 79.9. The van der Waals surface area contributed by atoms with Crippen molar-refractivity contribution in [3.63, 3.8) is 0 Å². The van der Waals surface area contributed by atoms with E-state index in [0.717, 1.165) is 7.11 Å². The average molecular weight is 438 g/mol. The molecule has 134 valence electrons. The summed E-state index contributed by atoms with van der Waals surface area (Å²) in [5.74, 6) is 0.217. The summed E-state index contributed by atoms with van der Waals surface area (Å²) in [4.78, 5) is 13.3. The summed E-state index contributed by atoms with van der Waals surface area (Å²) in [6.45, 7) is 0.124. The Bertz CT molecular complexity index is 1060. The molecule has 0 bridgehead atoms. The van der Waals surface area contributed by atoms with Crippen molar-refractivity contribution in [1.82, 2.24) is 0 Å². The molecule has 2 aromatic carbocycles. The van der Waals surface area contributed by atoms with Crippen LogP contribution in [-0.2, 0) is 19.4 Å². The number of ether oxygens (including phenoxy) is 3. The molecular weight excluding hydrogens is 426 g/mol. The van der Waals surface area contributed by atoms with Gasteiger partial charge in [-0.25, -0.2) is 13.2 Å². The highest BCUT2D eigenvalue weighted by Crippen LogP contribution is 2.43. The van der Waals surface area contributed by atoms with Crippen molar-refractivity contribution < 1.29 is 27.4 Å². The number of benzene rings is 2. The van der Waals surface area contributed by atoms with E-state index in [1.54, 1.807) is 35.2 Å². The molecule has 0 radical (unpaired) electrons. The molecule has 0 spiro atoms.